The topological polar surface area (TPSA) is 77.8 Å². The predicted octanol–water partition coefficient (Wildman–Crippen LogP) is 4.60. The summed E-state index contributed by atoms with van der Waals surface area (Å²) < 4.78 is 0. The van der Waals surface area contributed by atoms with Crippen molar-refractivity contribution in [2.45, 2.75) is 0 Å². The largest absolute Gasteiger partial charge is 0.354 e. The molecule has 25 heavy (non-hydrogen) atoms. The first-order chi connectivity index (χ1) is 12.2. The van der Waals surface area contributed by atoms with Gasteiger partial charge < -0.3 is 10.6 Å². The van der Waals surface area contributed by atoms with Crippen LogP contribution in [0, 0.1) is 11.3 Å². The van der Waals surface area contributed by atoms with Crippen LogP contribution in [-0.4, -0.2) is 10.9 Å². The van der Waals surface area contributed by atoms with Gasteiger partial charge in [0.15, 0.2) is 0 Å². The highest BCUT2D eigenvalue weighted by atomic mass is 35.5. The zero-order valence-electron chi connectivity index (χ0n) is 13.0. The summed E-state index contributed by atoms with van der Waals surface area (Å²) in [6.07, 6.45) is 1.54. The monoisotopic (exact) mass is 348 g/mol. The van der Waals surface area contributed by atoms with E-state index < -0.39 is 0 Å². The number of hydrogen-bond donors (Lipinski definition) is 2. The van der Waals surface area contributed by atoms with Crippen molar-refractivity contribution >= 4 is 34.6 Å². The number of benzene rings is 2. The number of nitrogens with zero attached hydrogens (tertiary/aromatic N) is 2. The second-order valence-corrected chi connectivity index (χ2v) is 5.59. The quantitative estimate of drug-likeness (QED) is 0.722. The van der Waals surface area contributed by atoms with Crippen LogP contribution in [0.2, 0.25) is 5.02 Å². The molecule has 3 rings (SSSR count). The van der Waals surface area contributed by atoms with Crippen LogP contribution in [0.3, 0.4) is 0 Å². The van der Waals surface area contributed by atoms with Crippen molar-refractivity contribution in [1.82, 2.24) is 4.98 Å². The van der Waals surface area contributed by atoms with E-state index in [1.165, 1.54) is 0 Å². The molecule has 3 aromatic rings. The van der Waals surface area contributed by atoms with Crippen molar-refractivity contribution in [2.75, 3.05) is 10.6 Å². The molecule has 0 aliphatic heterocycles. The third-order valence-corrected chi connectivity index (χ3v) is 3.72. The summed E-state index contributed by atoms with van der Waals surface area (Å²) in [5, 5.41) is 15.4. The summed E-state index contributed by atoms with van der Waals surface area (Å²) in [6, 6.07) is 19.4. The number of carbonyl (C=O) groups is 1. The Kier molecular flexibility index (Phi) is 4.93. The second-order valence-electron chi connectivity index (χ2n) is 5.18. The maximum atomic E-state index is 12.4. The highest BCUT2D eigenvalue weighted by Gasteiger charge is 2.09. The van der Waals surface area contributed by atoms with Gasteiger partial charge >= 0.3 is 0 Å². The first kappa shape index (κ1) is 16.5. The Morgan fingerprint density at radius 3 is 2.68 bits per heavy atom. The van der Waals surface area contributed by atoms with Gasteiger partial charge in [0.05, 0.1) is 22.3 Å². The van der Waals surface area contributed by atoms with E-state index in [1.807, 2.05) is 24.3 Å². The fraction of sp³-hybridized carbons (Fsp3) is 0. The number of carbonyl (C=O) groups excluding carboxylic acids is 1. The van der Waals surface area contributed by atoms with E-state index >= 15 is 0 Å². The van der Waals surface area contributed by atoms with Crippen LogP contribution in [0.5, 0.6) is 0 Å². The van der Waals surface area contributed by atoms with Crippen LogP contribution >= 0.6 is 11.6 Å². The summed E-state index contributed by atoms with van der Waals surface area (Å²) >= 11 is 6.13. The molecule has 0 radical (unpaired) electrons. The summed E-state index contributed by atoms with van der Waals surface area (Å²) in [7, 11) is 0. The number of rotatable bonds is 4. The minimum absolute atomic E-state index is 0.249. The highest BCUT2D eigenvalue weighted by Crippen LogP contribution is 2.25. The molecule has 122 valence electrons. The van der Waals surface area contributed by atoms with E-state index in [2.05, 4.69) is 15.6 Å². The lowest BCUT2D eigenvalue weighted by Gasteiger charge is -2.10. The van der Waals surface area contributed by atoms with Gasteiger partial charge in [0.25, 0.3) is 5.91 Å². The first-order valence-electron chi connectivity index (χ1n) is 7.45. The molecule has 0 atom stereocenters. The van der Waals surface area contributed by atoms with Crippen LogP contribution in [0.1, 0.15) is 16.1 Å². The molecule has 0 spiro atoms. The van der Waals surface area contributed by atoms with Gasteiger partial charge in [-0.2, -0.15) is 5.26 Å². The zero-order valence-corrected chi connectivity index (χ0v) is 13.8. The molecular formula is C19H13ClN4O. The van der Waals surface area contributed by atoms with Gasteiger partial charge in [0.1, 0.15) is 5.69 Å². The normalized spacial score (nSPS) is 9.92. The fourth-order valence-electron chi connectivity index (χ4n) is 2.21. The first-order valence-corrected chi connectivity index (χ1v) is 7.82. The summed E-state index contributed by atoms with van der Waals surface area (Å²) in [5.41, 5.74) is 2.69. The number of hydrogen-bond acceptors (Lipinski definition) is 4. The number of anilines is 3. The van der Waals surface area contributed by atoms with Gasteiger partial charge in [-0.05, 0) is 42.5 Å². The summed E-state index contributed by atoms with van der Waals surface area (Å²) in [5.74, 6) is -0.363. The van der Waals surface area contributed by atoms with Gasteiger partial charge in [-0.1, -0.05) is 29.8 Å². The van der Waals surface area contributed by atoms with E-state index in [9.17, 15) is 4.79 Å². The minimum atomic E-state index is -0.363. The van der Waals surface area contributed by atoms with Gasteiger partial charge in [0, 0.05) is 17.6 Å². The molecule has 1 amide bonds. The van der Waals surface area contributed by atoms with Crippen LogP contribution < -0.4 is 10.6 Å². The maximum Gasteiger partial charge on any atom is 0.274 e. The Labute approximate surface area is 149 Å². The summed E-state index contributed by atoms with van der Waals surface area (Å²) in [6.45, 7) is 0. The Morgan fingerprint density at radius 2 is 1.88 bits per heavy atom. The van der Waals surface area contributed by atoms with Gasteiger partial charge in [-0.25, -0.2) is 0 Å². The molecule has 2 aromatic carbocycles. The number of aromatic nitrogens is 1. The van der Waals surface area contributed by atoms with E-state index in [1.54, 1.807) is 48.7 Å². The molecule has 1 aromatic heterocycles. The van der Waals surface area contributed by atoms with E-state index in [-0.39, 0.29) is 11.6 Å². The number of pyridine rings is 1. The van der Waals surface area contributed by atoms with Crippen LogP contribution in [0.15, 0.2) is 66.9 Å². The van der Waals surface area contributed by atoms with E-state index in [0.29, 0.717) is 22.0 Å². The molecule has 0 aliphatic carbocycles. The van der Waals surface area contributed by atoms with Crippen LogP contribution in [0.25, 0.3) is 0 Å². The molecule has 0 saturated carbocycles. The van der Waals surface area contributed by atoms with Crippen LogP contribution in [-0.2, 0) is 0 Å². The number of amides is 1. The molecule has 0 fully saturated rings. The molecule has 2 N–H and O–H groups in total. The SMILES string of the molecule is N#Cc1cccc(NC(=O)c2cc(Nc3ccccc3Cl)ccn2)c1. The molecule has 1 heterocycles. The molecule has 0 unspecified atom stereocenters. The second kappa shape index (κ2) is 7.47. The third-order valence-electron chi connectivity index (χ3n) is 3.39. The Hall–Kier alpha value is -3.36. The number of halogens is 1. The van der Waals surface area contributed by atoms with E-state index in [0.717, 1.165) is 5.69 Å². The van der Waals surface area contributed by atoms with Gasteiger partial charge in [0.2, 0.25) is 0 Å². The van der Waals surface area contributed by atoms with Crippen molar-refractivity contribution in [3.8, 4) is 6.07 Å². The van der Waals surface area contributed by atoms with Gasteiger partial charge in [-0.3, -0.25) is 9.78 Å². The molecule has 5 nitrogen and oxygen atoms in total. The Morgan fingerprint density at radius 1 is 1.04 bits per heavy atom. The molecule has 0 aliphatic rings. The fourth-order valence-corrected chi connectivity index (χ4v) is 2.40. The predicted molar refractivity (Wildman–Crippen MR) is 98.1 cm³/mol. The Bertz CT molecular complexity index is 965. The number of para-hydroxylation sites is 1. The average molecular weight is 349 g/mol. The van der Waals surface area contributed by atoms with Gasteiger partial charge in [-0.15, -0.1) is 0 Å². The van der Waals surface area contributed by atoms with Crippen molar-refractivity contribution in [3.05, 3.63) is 83.1 Å². The molecule has 0 bridgehead atoms. The molecular weight excluding hydrogens is 336 g/mol. The van der Waals surface area contributed by atoms with Crippen molar-refractivity contribution < 1.29 is 4.79 Å². The average Bonchev–Trinajstić information content (AvgIpc) is 2.64. The third kappa shape index (κ3) is 4.14. The van der Waals surface area contributed by atoms with Crippen molar-refractivity contribution in [2.24, 2.45) is 0 Å². The lowest BCUT2D eigenvalue weighted by atomic mass is 10.2. The number of nitriles is 1. The smallest absolute Gasteiger partial charge is 0.274 e. The van der Waals surface area contributed by atoms with E-state index in [4.69, 9.17) is 16.9 Å². The highest BCUT2D eigenvalue weighted by molar-refractivity contribution is 6.33. The molecule has 0 saturated heterocycles. The van der Waals surface area contributed by atoms with Crippen LogP contribution in [0.4, 0.5) is 17.1 Å². The van der Waals surface area contributed by atoms with Crippen molar-refractivity contribution in [3.63, 3.8) is 0 Å². The van der Waals surface area contributed by atoms with Crippen molar-refractivity contribution in [1.29, 1.82) is 5.26 Å². The summed E-state index contributed by atoms with van der Waals surface area (Å²) in [4.78, 5) is 16.5. The number of nitrogens with one attached hydrogen (secondary N) is 2. The lowest BCUT2D eigenvalue weighted by molar-refractivity contribution is 0.102. The standard InChI is InChI=1S/C19H13ClN4O/c20-16-6-1-2-7-17(16)23-15-8-9-22-18(11-15)19(25)24-14-5-3-4-13(10-14)12-21/h1-11H,(H,22,23)(H,24,25). The lowest BCUT2D eigenvalue weighted by Crippen LogP contribution is -2.13. The zero-order chi connectivity index (χ0) is 17.6. The minimum Gasteiger partial charge on any atom is -0.354 e. The molecule has 6 heteroatoms. The Balaban J connectivity index is 1.77. The maximum absolute atomic E-state index is 12.4.